The monoisotopic (exact) mass is 312 g/mol. The quantitative estimate of drug-likeness (QED) is 0.806. The van der Waals surface area contributed by atoms with Crippen molar-refractivity contribution in [3.05, 3.63) is 58.2 Å². The minimum absolute atomic E-state index is 0.0518. The van der Waals surface area contributed by atoms with Crippen LogP contribution < -0.4 is 5.32 Å². The highest BCUT2D eigenvalue weighted by atomic mass is 32.1. The Morgan fingerprint density at radius 3 is 2.86 bits per heavy atom. The van der Waals surface area contributed by atoms with Gasteiger partial charge in [0.15, 0.2) is 0 Å². The van der Waals surface area contributed by atoms with E-state index in [9.17, 15) is 4.79 Å². The first kappa shape index (κ1) is 14.5. The van der Waals surface area contributed by atoms with Gasteiger partial charge in [0.25, 0.3) is 5.91 Å². The summed E-state index contributed by atoms with van der Waals surface area (Å²) in [4.78, 5) is 18.2. The van der Waals surface area contributed by atoms with Gasteiger partial charge in [0.2, 0.25) is 0 Å². The molecule has 5 nitrogen and oxygen atoms in total. The van der Waals surface area contributed by atoms with Crippen LogP contribution in [0, 0.1) is 6.92 Å². The third-order valence-corrected chi connectivity index (χ3v) is 4.33. The second-order valence-corrected chi connectivity index (χ2v) is 6.30. The fourth-order valence-corrected chi connectivity index (χ4v) is 2.99. The van der Waals surface area contributed by atoms with Gasteiger partial charge in [-0.2, -0.15) is 5.10 Å². The van der Waals surface area contributed by atoms with Gasteiger partial charge in [0, 0.05) is 42.6 Å². The fraction of sp³-hybridized carbons (Fsp3) is 0.188. The van der Waals surface area contributed by atoms with E-state index >= 15 is 0 Å². The van der Waals surface area contributed by atoms with Crippen molar-refractivity contribution < 1.29 is 4.79 Å². The van der Waals surface area contributed by atoms with E-state index in [1.807, 2.05) is 38.2 Å². The second kappa shape index (κ2) is 6.11. The lowest BCUT2D eigenvalue weighted by molar-refractivity contribution is 0.0955. The molecule has 0 unspecified atom stereocenters. The lowest BCUT2D eigenvalue weighted by Crippen LogP contribution is -2.21. The highest BCUT2D eigenvalue weighted by Crippen LogP contribution is 2.18. The Kier molecular flexibility index (Phi) is 4.02. The molecule has 22 heavy (non-hydrogen) atoms. The topological polar surface area (TPSA) is 59.8 Å². The first-order valence-corrected chi connectivity index (χ1v) is 7.72. The molecular weight excluding hydrogens is 296 g/mol. The molecule has 0 spiro atoms. The van der Waals surface area contributed by atoms with Crippen molar-refractivity contribution in [3.63, 3.8) is 0 Å². The molecule has 0 aliphatic heterocycles. The molecule has 3 rings (SSSR count). The summed E-state index contributed by atoms with van der Waals surface area (Å²) in [6.45, 7) is 2.44. The molecule has 3 heterocycles. The number of nitrogens with zero attached hydrogens (tertiary/aromatic N) is 3. The maximum Gasteiger partial charge on any atom is 0.261 e. The van der Waals surface area contributed by atoms with E-state index in [0.29, 0.717) is 6.54 Å². The number of aromatic nitrogens is 3. The molecule has 0 saturated heterocycles. The first-order valence-electron chi connectivity index (χ1n) is 6.90. The molecule has 0 fully saturated rings. The predicted molar refractivity (Wildman–Crippen MR) is 86.7 cm³/mol. The molecular formula is C16H16N4OS. The maximum atomic E-state index is 12.1. The Morgan fingerprint density at radius 1 is 1.32 bits per heavy atom. The summed E-state index contributed by atoms with van der Waals surface area (Å²) in [5, 5.41) is 7.08. The number of carbonyl (C=O) groups is 1. The number of nitrogens with one attached hydrogen (secondary N) is 1. The Bertz CT molecular complexity index is 806. The van der Waals surface area contributed by atoms with Gasteiger partial charge in [0.1, 0.15) is 0 Å². The molecule has 0 atom stereocenters. The van der Waals surface area contributed by atoms with Crippen LogP contribution in [0.1, 0.15) is 20.1 Å². The minimum Gasteiger partial charge on any atom is -0.347 e. The molecule has 0 aromatic carbocycles. The van der Waals surface area contributed by atoms with Crippen LogP contribution in [0.2, 0.25) is 0 Å². The summed E-state index contributed by atoms with van der Waals surface area (Å²) in [6, 6.07) is 7.75. The normalized spacial score (nSPS) is 10.6. The van der Waals surface area contributed by atoms with E-state index in [0.717, 1.165) is 26.6 Å². The summed E-state index contributed by atoms with van der Waals surface area (Å²) < 4.78 is 1.80. The van der Waals surface area contributed by atoms with E-state index in [1.165, 1.54) is 11.3 Å². The third-order valence-electron chi connectivity index (χ3n) is 3.33. The fourth-order valence-electron chi connectivity index (χ4n) is 2.21. The van der Waals surface area contributed by atoms with Gasteiger partial charge in [-0.05, 0) is 36.8 Å². The standard InChI is InChI=1S/C16H16N4OS/c1-11-3-4-15(22-11)16(21)18-9-12-7-13(10-17-8-12)14-5-6-19-20(14)2/h3-8,10H,9H2,1-2H3,(H,18,21). The van der Waals surface area contributed by atoms with Gasteiger partial charge in [-0.25, -0.2) is 0 Å². The number of thiophene rings is 1. The van der Waals surface area contributed by atoms with Crippen molar-refractivity contribution >= 4 is 17.2 Å². The summed E-state index contributed by atoms with van der Waals surface area (Å²) in [7, 11) is 1.89. The maximum absolute atomic E-state index is 12.1. The lowest BCUT2D eigenvalue weighted by atomic mass is 10.1. The third kappa shape index (κ3) is 3.07. The van der Waals surface area contributed by atoms with Crippen LogP contribution in [0.3, 0.4) is 0 Å². The Hall–Kier alpha value is -2.47. The number of pyridine rings is 1. The molecule has 0 aliphatic rings. The molecule has 0 saturated carbocycles. The van der Waals surface area contributed by atoms with Crippen LogP contribution in [-0.4, -0.2) is 20.7 Å². The van der Waals surface area contributed by atoms with Gasteiger partial charge < -0.3 is 5.32 Å². The molecule has 0 bridgehead atoms. The van der Waals surface area contributed by atoms with Crippen molar-refractivity contribution in [2.45, 2.75) is 13.5 Å². The van der Waals surface area contributed by atoms with Crippen molar-refractivity contribution in [2.24, 2.45) is 7.05 Å². The van der Waals surface area contributed by atoms with Crippen molar-refractivity contribution in [3.8, 4) is 11.3 Å². The highest BCUT2D eigenvalue weighted by Gasteiger charge is 2.09. The van der Waals surface area contributed by atoms with E-state index in [1.54, 1.807) is 23.3 Å². The van der Waals surface area contributed by atoms with Gasteiger partial charge in [-0.15, -0.1) is 11.3 Å². The average molecular weight is 312 g/mol. The summed E-state index contributed by atoms with van der Waals surface area (Å²) in [5.41, 5.74) is 2.94. The number of amides is 1. The molecule has 0 radical (unpaired) electrons. The van der Waals surface area contributed by atoms with Crippen LogP contribution in [0.5, 0.6) is 0 Å². The second-order valence-electron chi connectivity index (χ2n) is 5.01. The average Bonchev–Trinajstić information content (AvgIpc) is 3.13. The van der Waals surface area contributed by atoms with Crippen molar-refractivity contribution in [2.75, 3.05) is 0 Å². The van der Waals surface area contributed by atoms with Gasteiger partial charge >= 0.3 is 0 Å². The number of rotatable bonds is 4. The first-order chi connectivity index (χ1) is 10.6. The Morgan fingerprint density at radius 2 is 2.18 bits per heavy atom. The van der Waals surface area contributed by atoms with Crippen LogP contribution in [0.25, 0.3) is 11.3 Å². The molecule has 6 heteroatoms. The highest BCUT2D eigenvalue weighted by molar-refractivity contribution is 7.13. The van der Waals surface area contributed by atoms with Gasteiger partial charge in [0.05, 0.1) is 10.6 Å². The molecule has 0 aliphatic carbocycles. The smallest absolute Gasteiger partial charge is 0.261 e. The van der Waals surface area contributed by atoms with E-state index in [2.05, 4.69) is 15.4 Å². The number of hydrogen-bond donors (Lipinski definition) is 1. The lowest BCUT2D eigenvalue weighted by Gasteiger charge is -2.06. The van der Waals surface area contributed by atoms with Crippen LogP contribution in [-0.2, 0) is 13.6 Å². The number of carbonyl (C=O) groups excluding carboxylic acids is 1. The van der Waals surface area contributed by atoms with Gasteiger partial charge in [-0.1, -0.05) is 0 Å². The summed E-state index contributed by atoms with van der Waals surface area (Å²) >= 11 is 1.49. The van der Waals surface area contributed by atoms with Crippen LogP contribution in [0.15, 0.2) is 42.9 Å². The SMILES string of the molecule is Cc1ccc(C(=O)NCc2cncc(-c3ccnn3C)c2)s1. The van der Waals surface area contributed by atoms with E-state index in [-0.39, 0.29) is 5.91 Å². The van der Waals surface area contributed by atoms with Crippen molar-refractivity contribution in [1.29, 1.82) is 0 Å². The van der Waals surface area contributed by atoms with Crippen LogP contribution in [0.4, 0.5) is 0 Å². The minimum atomic E-state index is -0.0518. The molecule has 3 aromatic heterocycles. The van der Waals surface area contributed by atoms with Crippen molar-refractivity contribution in [1.82, 2.24) is 20.1 Å². The number of hydrogen-bond acceptors (Lipinski definition) is 4. The summed E-state index contributed by atoms with van der Waals surface area (Å²) in [6.07, 6.45) is 5.31. The molecule has 1 N–H and O–H groups in total. The number of aryl methyl sites for hydroxylation is 2. The predicted octanol–water partition coefficient (Wildman–Crippen LogP) is 2.78. The zero-order valence-corrected chi connectivity index (χ0v) is 13.2. The van der Waals surface area contributed by atoms with E-state index < -0.39 is 0 Å². The zero-order chi connectivity index (χ0) is 15.5. The van der Waals surface area contributed by atoms with E-state index in [4.69, 9.17) is 0 Å². The Balaban J connectivity index is 1.71. The Labute approximate surface area is 132 Å². The molecule has 112 valence electrons. The largest absolute Gasteiger partial charge is 0.347 e. The summed E-state index contributed by atoms with van der Waals surface area (Å²) in [5.74, 6) is -0.0518. The van der Waals surface area contributed by atoms with Gasteiger partial charge in [-0.3, -0.25) is 14.5 Å². The molecule has 1 amide bonds. The van der Waals surface area contributed by atoms with Crippen LogP contribution >= 0.6 is 11.3 Å². The zero-order valence-electron chi connectivity index (χ0n) is 12.4. The molecule has 3 aromatic rings.